The number of ether oxygens (including phenoxy) is 1. The second-order valence-electron chi connectivity index (χ2n) is 4.17. The Bertz CT molecular complexity index is 340. The number of aryl methyl sites for hydroxylation is 2. The van der Waals surface area contributed by atoms with Crippen molar-refractivity contribution in [2.75, 3.05) is 7.11 Å². The van der Waals surface area contributed by atoms with Crippen LogP contribution in [0.15, 0.2) is 17.0 Å². The second kappa shape index (κ2) is 5.60. The van der Waals surface area contributed by atoms with Crippen molar-refractivity contribution in [3.8, 4) is 5.75 Å². The van der Waals surface area contributed by atoms with Crippen LogP contribution in [0.4, 0.5) is 0 Å². The number of methoxy groups -OCH3 is 1. The summed E-state index contributed by atoms with van der Waals surface area (Å²) < 4.78 is 5.30. The van der Waals surface area contributed by atoms with E-state index in [4.69, 9.17) is 4.74 Å². The summed E-state index contributed by atoms with van der Waals surface area (Å²) in [6.45, 7) is 8.07. The van der Waals surface area contributed by atoms with Crippen LogP contribution in [0.1, 0.15) is 25.0 Å². The zero-order valence-corrected chi connectivity index (χ0v) is 11.4. The lowest BCUT2D eigenvalue weighted by molar-refractivity contribution is 0.120. The minimum absolute atomic E-state index is 0.222. The van der Waals surface area contributed by atoms with Crippen LogP contribution in [0.2, 0.25) is 0 Å². The molecule has 1 rings (SSSR count). The summed E-state index contributed by atoms with van der Waals surface area (Å²) in [5.74, 6) is 0.400. The van der Waals surface area contributed by atoms with Crippen LogP contribution < -0.4 is 0 Å². The summed E-state index contributed by atoms with van der Waals surface area (Å²) >= 11 is 1.78. The predicted molar refractivity (Wildman–Crippen MR) is 69.4 cm³/mol. The maximum atomic E-state index is 9.69. The van der Waals surface area contributed by atoms with Gasteiger partial charge in [-0.2, -0.15) is 0 Å². The van der Waals surface area contributed by atoms with E-state index in [0.29, 0.717) is 11.0 Å². The van der Waals surface area contributed by atoms with Gasteiger partial charge in [0.25, 0.3) is 0 Å². The topological polar surface area (TPSA) is 29.5 Å². The first-order valence-electron chi connectivity index (χ1n) is 5.45. The van der Waals surface area contributed by atoms with Crippen LogP contribution in [0.5, 0.6) is 5.75 Å². The number of aromatic hydroxyl groups is 1. The van der Waals surface area contributed by atoms with Gasteiger partial charge in [0.05, 0.1) is 6.10 Å². The third-order valence-corrected chi connectivity index (χ3v) is 4.08. The monoisotopic (exact) mass is 240 g/mol. The normalized spacial score (nSPS) is 14.8. The molecule has 2 nitrogen and oxygen atoms in total. The van der Waals surface area contributed by atoms with Gasteiger partial charge < -0.3 is 9.84 Å². The average Bonchev–Trinajstić information content (AvgIpc) is 2.24. The summed E-state index contributed by atoms with van der Waals surface area (Å²) in [7, 11) is 1.73. The fraction of sp³-hybridized carbons (Fsp3) is 0.538. The lowest BCUT2D eigenvalue weighted by Gasteiger charge is -2.18. The molecule has 1 aromatic rings. The quantitative estimate of drug-likeness (QED) is 0.816. The van der Waals surface area contributed by atoms with Gasteiger partial charge in [-0.25, -0.2) is 0 Å². The van der Waals surface area contributed by atoms with Gasteiger partial charge in [-0.1, -0.05) is 6.92 Å². The number of rotatable bonds is 4. The lowest BCUT2D eigenvalue weighted by atomic mass is 10.1. The highest BCUT2D eigenvalue weighted by atomic mass is 32.2. The Labute approximate surface area is 102 Å². The molecular formula is C13H20O2S. The maximum Gasteiger partial charge on any atom is 0.121 e. The molecule has 1 N–H and O–H groups in total. The Morgan fingerprint density at radius 3 is 2.12 bits per heavy atom. The Morgan fingerprint density at radius 2 is 1.69 bits per heavy atom. The lowest BCUT2D eigenvalue weighted by Crippen LogP contribution is -2.18. The molecule has 0 saturated heterocycles. The summed E-state index contributed by atoms with van der Waals surface area (Å²) in [6.07, 6.45) is 0.222. The minimum atomic E-state index is 0.222. The first-order valence-corrected chi connectivity index (χ1v) is 6.33. The van der Waals surface area contributed by atoms with Crippen molar-refractivity contribution in [3.05, 3.63) is 23.3 Å². The highest BCUT2D eigenvalue weighted by Gasteiger charge is 2.13. The predicted octanol–water partition coefficient (Wildman–Crippen LogP) is 3.52. The summed E-state index contributed by atoms with van der Waals surface area (Å²) in [6, 6.07) is 4.04. The van der Waals surface area contributed by atoms with Crippen LogP contribution in [-0.4, -0.2) is 23.6 Å². The third-order valence-electron chi connectivity index (χ3n) is 2.82. The second-order valence-corrected chi connectivity index (χ2v) is 5.62. The molecule has 0 aliphatic rings. The zero-order chi connectivity index (χ0) is 12.3. The highest BCUT2D eigenvalue weighted by molar-refractivity contribution is 8.00. The van der Waals surface area contributed by atoms with Crippen molar-refractivity contribution in [3.63, 3.8) is 0 Å². The maximum absolute atomic E-state index is 9.69. The fourth-order valence-corrected chi connectivity index (χ4v) is 2.71. The van der Waals surface area contributed by atoms with E-state index in [0.717, 1.165) is 11.1 Å². The largest absolute Gasteiger partial charge is 0.507 e. The number of phenols is 1. The first-order chi connectivity index (χ1) is 7.45. The molecule has 0 saturated carbocycles. The molecule has 0 fully saturated rings. The SMILES string of the molecule is CO[C@@H](C)[C@H](C)Sc1cc(C)c(O)c(C)c1. The van der Waals surface area contributed by atoms with Crippen molar-refractivity contribution in [1.82, 2.24) is 0 Å². The van der Waals surface area contributed by atoms with Gasteiger partial charge in [-0.05, 0) is 44.0 Å². The highest BCUT2D eigenvalue weighted by Crippen LogP contribution is 2.32. The van der Waals surface area contributed by atoms with E-state index < -0.39 is 0 Å². The Morgan fingerprint density at radius 1 is 1.19 bits per heavy atom. The molecule has 3 heteroatoms. The number of benzene rings is 1. The molecule has 1 aromatic carbocycles. The van der Waals surface area contributed by atoms with Gasteiger partial charge >= 0.3 is 0 Å². The molecule has 90 valence electrons. The van der Waals surface area contributed by atoms with Gasteiger partial charge in [0.1, 0.15) is 5.75 Å². The molecule has 0 amide bonds. The summed E-state index contributed by atoms with van der Waals surface area (Å²) in [4.78, 5) is 1.18. The van der Waals surface area contributed by atoms with Gasteiger partial charge in [0, 0.05) is 17.3 Å². The van der Waals surface area contributed by atoms with Crippen molar-refractivity contribution >= 4 is 11.8 Å². The molecular weight excluding hydrogens is 220 g/mol. The van der Waals surface area contributed by atoms with E-state index in [1.807, 2.05) is 26.0 Å². The zero-order valence-electron chi connectivity index (χ0n) is 10.6. The van der Waals surface area contributed by atoms with Gasteiger partial charge in [-0.15, -0.1) is 11.8 Å². The number of thioether (sulfide) groups is 1. The van der Waals surface area contributed by atoms with Crippen LogP contribution >= 0.6 is 11.8 Å². The van der Waals surface area contributed by atoms with E-state index in [-0.39, 0.29) is 6.10 Å². The fourth-order valence-electron chi connectivity index (χ4n) is 1.49. The van der Waals surface area contributed by atoms with Crippen LogP contribution in [0.25, 0.3) is 0 Å². The molecule has 0 heterocycles. The van der Waals surface area contributed by atoms with Crippen LogP contribution in [0.3, 0.4) is 0 Å². The van der Waals surface area contributed by atoms with E-state index >= 15 is 0 Å². The standard InChI is InChI=1S/C13H20O2S/c1-8-6-12(7-9(2)13(8)14)16-11(4)10(3)15-5/h6-7,10-11,14H,1-5H3/t10-,11-/m0/s1. The third kappa shape index (κ3) is 3.16. The van der Waals surface area contributed by atoms with Gasteiger partial charge in [-0.3, -0.25) is 0 Å². The van der Waals surface area contributed by atoms with Crippen molar-refractivity contribution < 1.29 is 9.84 Å². The summed E-state index contributed by atoms with van der Waals surface area (Å²) in [5, 5.41) is 10.1. The minimum Gasteiger partial charge on any atom is -0.507 e. The van der Waals surface area contributed by atoms with Gasteiger partial charge in [0.2, 0.25) is 0 Å². The van der Waals surface area contributed by atoms with Crippen molar-refractivity contribution in [2.24, 2.45) is 0 Å². The van der Waals surface area contributed by atoms with E-state index in [1.165, 1.54) is 4.90 Å². The van der Waals surface area contributed by atoms with E-state index in [1.54, 1.807) is 18.9 Å². The van der Waals surface area contributed by atoms with E-state index in [2.05, 4.69) is 13.8 Å². The van der Waals surface area contributed by atoms with E-state index in [9.17, 15) is 5.11 Å². The molecule has 0 bridgehead atoms. The molecule has 2 atom stereocenters. The molecule has 0 aromatic heterocycles. The Hall–Kier alpha value is -0.670. The Kier molecular flexibility index (Phi) is 4.69. The molecule has 0 spiro atoms. The smallest absolute Gasteiger partial charge is 0.121 e. The first kappa shape index (κ1) is 13.4. The molecule has 0 unspecified atom stereocenters. The molecule has 0 radical (unpaired) electrons. The number of hydrogen-bond acceptors (Lipinski definition) is 3. The number of hydrogen-bond donors (Lipinski definition) is 1. The number of phenolic OH excluding ortho intramolecular Hbond substituents is 1. The van der Waals surface area contributed by atoms with Gasteiger partial charge in [0.15, 0.2) is 0 Å². The van der Waals surface area contributed by atoms with Crippen LogP contribution in [0, 0.1) is 13.8 Å². The average molecular weight is 240 g/mol. The molecule has 0 aliphatic carbocycles. The van der Waals surface area contributed by atoms with Crippen molar-refractivity contribution in [1.29, 1.82) is 0 Å². The summed E-state index contributed by atoms with van der Waals surface area (Å²) in [5.41, 5.74) is 1.86. The molecule has 16 heavy (non-hydrogen) atoms. The van der Waals surface area contributed by atoms with Crippen LogP contribution in [-0.2, 0) is 4.74 Å². The van der Waals surface area contributed by atoms with Crippen molar-refractivity contribution in [2.45, 2.75) is 43.9 Å². The Balaban J connectivity index is 2.82. The molecule has 0 aliphatic heterocycles.